The summed E-state index contributed by atoms with van der Waals surface area (Å²) >= 11 is 0. The molecule has 1 N–H and O–H groups in total. The minimum absolute atomic E-state index is 0.0335. The molecule has 0 bridgehead atoms. The first-order chi connectivity index (χ1) is 11.1. The molecule has 1 saturated heterocycles. The topological polar surface area (TPSA) is 62.4 Å². The second kappa shape index (κ2) is 6.69. The molecule has 0 spiro atoms. The molecule has 0 aliphatic carbocycles. The number of amides is 1. The van der Waals surface area contributed by atoms with Crippen LogP contribution in [0, 0.1) is 6.92 Å². The van der Waals surface area contributed by atoms with E-state index >= 15 is 0 Å². The van der Waals surface area contributed by atoms with Crippen molar-refractivity contribution in [3.63, 3.8) is 0 Å². The number of ether oxygens (including phenoxy) is 1. The van der Waals surface area contributed by atoms with Crippen LogP contribution in [0.25, 0.3) is 0 Å². The van der Waals surface area contributed by atoms with Crippen LogP contribution in [0.4, 0.5) is 4.79 Å². The SMILES string of the molecule is Cc1cc(C2CCCN2C(=O)OCc2ccccc2)c[nH]c1=O. The molecule has 0 radical (unpaired) electrons. The molecule has 1 aliphatic heterocycles. The first-order valence-corrected chi connectivity index (χ1v) is 7.81. The van der Waals surface area contributed by atoms with E-state index in [4.69, 9.17) is 4.74 Å². The van der Waals surface area contributed by atoms with Gasteiger partial charge in [0, 0.05) is 18.3 Å². The summed E-state index contributed by atoms with van der Waals surface area (Å²) in [5.41, 5.74) is 2.49. The van der Waals surface area contributed by atoms with Crippen LogP contribution in [0.3, 0.4) is 0 Å². The van der Waals surface area contributed by atoms with Crippen molar-refractivity contribution in [2.75, 3.05) is 6.54 Å². The fraction of sp³-hybridized carbons (Fsp3) is 0.333. The van der Waals surface area contributed by atoms with E-state index in [0.29, 0.717) is 12.1 Å². The molecule has 5 heteroatoms. The van der Waals surface area contributed by atoms with Gasteiger partial charge in [-0.15, -0.1) is 0 Å². The van der Waals surface area contributed by atoms with E-state index in [-0.39, 0.29) is 24.3 Å². The molecule has 1 aliphatic rings. The van der Waals surface area contributed by atoms with Crippen LogP contribution in [-0.4, -0.2) is 22.5 Å². The average molecular weight is 312 g/mol. The number of carbonyl (C=O) groups is 1. The van der Waals surface area contributed by atoms with E-state index in [0.717, 1.165) is 24.0 Å². The van der Waals surface area contributed by atoms with Gasteiger partial charge in [0.25, 0.3) is 5.56 Å². The Morgan fingerprint density at radius 1 is 1.35 bits per heavy atom. The van der Waals surface area contributed by atoms with Crippen LogP contribution in [0.15, 0.2) is 47.4 Å². The van der Waals surface area contributed by atoms with Crippen molar-refractivity contribution in [3.8, 4) is 0 Å². The predicted octanol–water partition coefficient (Wildman–Crippen LogP) is 3.16. The highest BCUT2D eigenvalue weighted by molar-refractivity contribution is 5.68. The molecule has 23 heavy (non-hydrogen) atoms. The van der Waals surface area contributed by atoms with Crippen molar-refractivity contribution >= 4 is 6.09 Å². The Balaban J connectivity index is 1.69. The first-order valence-electron chi connectivity index (χ1n) is 7.81. The minimum Gasteiger partial charge on any atom is -0.445 e. The lowest BCUT2D eigenvalue weighted by atomic mass is 10.1. The van der Waals surface area contributed by atoms with Gasteiger partial charge in [-0.3, -0.25) is 4.79 Å². The number of hydrogen-bond acceptors (Lipinski definition) is 3. The minimum atomic E-state index is -0.305. The Morgan fingerprint density at radius 2 is 2.13 bits per heavy atom. The molecule has 3 rings (SSSR count). The fourth-order valence-electron chi connectivity index (χ4n) is 2.95. The number of nitrogens with zero attached hydrogens (tertiary/aromatic N) is 1. The quantitative estimate of drug-likeness (QED) is 0.947. The van der Waals surface area contributed by atoms with Gasteiger partial charge in [-0.2, -0.15) is 0 Å². The first kappa shape index (κ1) is 15.3. The number of hydrogen-bond donors (Lipinski definition) is 1. The summed E-state index contributed by atoms with van der Waals surface area (Å²) in [4.78, 5) is 28.4. The summed E-state index contributed by atoms with van der Waals surface area (Å²) in [6.45, 7) is 2.72. The summed E-state index contributed by atoms with van der Waals surface area (Å²) in [6, 6.07) is 11.5. The predicted molar refractivity (Wildman–Crippen MR) is 87.1 cm³/mol. The maximum atomic E-state index is 12.4. The summed E-state index contributed by atoms with van der Waals surface area (Å²) in [5.74, 6) is 0. The Kier molecular flexibility index (Phi) is 4.46. The number of pyridine rings is 1. The van der Waals surface area contributed by atoms with Crippen molar-refractivity contribution in [1.82, 2.24) is 9.88 Å². The summed E-state index contributed by atoms with van der Waals surface area (Å²) in [7, 11) is 0. The molecule has 5 nitrogen and oxygen atoms in total. The molecule has 2 heterocycles. The van der Waals surface area contributed by atoms with Gasteiger partial charge in [-0.1, -0.05) is 30.3 Å². The fourth-order valence-corrected chi connectivity index (χ4v) is 2.95. The smallest absolute Gasteiger partial charge is 0.410 e. The van der Waals surface area contributed by atoms with E-state index in [2.05, 4.69) is 4.98 Å². The van der Waals surface area contributed by atoms with Crippen molar-refractivity contribution in [3.05, 3.63) is 69.6 Å². The van der Waals surface area contributed by atoms with E-state index < -0.39 is 0 Å². The largest absolute Gasteiger partial charge is 0.445 e. The molecular formula is C18H20N2O3. The molecule has 2 aromatic rings. The summed E-state index contributed by atoms with van der Waals surface area (Å²) < 4.78 is 5.43. The van der Waals surface area contributed by atoms with Gasteiger partial charge in [-0.25, -0.2) is 4.79 Å². The van der Waals surface area contributed by atoms with Gasteiger partial charge in [0.15, 0.2) is 0 Å². The van der Waals surface area contributed by atoms with Crippen LogP contribution in [0.1, 0.15) is 35.6 Å². The molecule has 120 valence electrons. The number of aromatic nitrogens is 1. The average Bonchev–Trinajstić information content (AvgIpc) is 3.06. The number of rotatable bonds is 3. The molecular weight excluding hydrogens is 292 g/mol. The number of H-pyrrole nitrogens is 1. The third kappa shape index (κ3) is 3.44. The van der Waals surface area contributed by atoms with Gasteiger partial charge >= 0.3 is 6.09 Å². The molecule has 1 aromatic heterocycles. The number of likely N-dealkylation sites (tertiary alicyclic amines) is 1. The van der Waals surface area contributed by atoms with E-state index in [1.54, 1.807) is 18.0 Å². The van der Waals surface area contributed by atoms with E-state index in [1.807, 2.05) is 36.4 Å². The lowest BCUT2D eigenvalue weighted by Gasteiger charge is -2.24. The van der Waals surface area contributed by atoms with Crippen LogP contribution in [0.2, 0.25) is 0 Å². The van der Waals surface area contributed by atoms with Crippen molar-refractivity contribution in [2.45, 2.75) is 32.4 Å². The van der Waals surface area contributed by atoms with Gasteiger partial charge in [0.2, 0.25) is 0 Å². The van der Waals surface area contributed by atoms with Crippen molar-refractivity contribution in [2.24, 2.45) is 0 Å². The van der Waals surface area contributed by atoms with Crippen molar-refractivity contribution in [1.29, 1.82) is 0 Å². The van der Waals surface area contributed by atoms with Gasteiger partial charge in [0.1, 0.15) is 6.61 Å². The van der Waals surface area contributed by atoms with Crippen LogP contribution >= 0.6 is 0 Å². The number of aryl methyl sites for hydroxylation is 1. The van der Waals surface area contributed by atoms with Gasteiger partial charge in [0.05, 0.1) is 6.04 Å². The highest BCUT2D eigenvalue weighted by Crippen LogP contribution is 2.32. The lowest BCUT2D eigenvalue weighted by molar-refractivity contribution is 0.0920. The third-order valence-corrected chi connectivity index (χ3v) is 4.19. The van der Waals surface area contributed by atoms with Crippen LogP contribution in [0.5, 0.6) is 0 Å². The Labute approximate surface area is 134 Å². The number of aromatic amines is 1. The van der Waals surface area contributed by atoms with Crippen molar-refractivity contribution < 1.29 is 9.53 Å². The Hall–Kier alpha value is -2.56. The highest BCUT2D eigenvalue weighted by atomic mass is 16.6. The molecule has 1 fully saturated rings. The van der Waals surface area contributed by atoms with E-state index in [1.165, 1.54) is 0 Å². The molecule has 1 amide bonds. The second-order valence-electron chi connectivity index (χ2n) is 5.84. The monoisotopic (exact) mass is 312 g/mol. The third-order valence-electron chi connectivity index (χ3n) is 4.19. The zero-order valence-corrected chi connectivity index (χ0v) is 13.1. The number of nitrogens with one attached hydrogen (secondary N) is 1. The molecule has 1 atom stereocenters. The van der Waals surface area contributed by atoms with Gasteiger partial charge in [-0.05, 0) is 37.0 Å². The lowest BCUT2D eigenvalue weighted by Crippen LogP contribution is -2.31. The van der Waals surface area contributed by atoms with E-state index in [9.17, 15) is 9.59 Å². The summed E-state index contributed by atoms with van der Waals surface area (Å²) in [6.07, 6.45) is 3.21. The Morgan fingerprint density at radius 3 is 2.87 bits per heavy atom. The second-order valence-corrected chi connectivity index (χ2v) is 5.84. The standard InChI is InChI=1S/C18H20N2O3/c1-13-10-15(11-19-17(13)21)16-8-5-9-20(16)18(22)23-12-14-6-3-2-4-7-14/h2-4,6-7,10-11,16H,5,8-9,12H2,1H3,(H,19,21). The van der Waals surface area contributed by atoms with Crippen LogP contribution < -0.4 is 5.56 Å². The number of carbonyl (C=O) groups excluding carboxylic acids is 1. The highest BCUT2D eigenvalue weighted by Gasteiger charge is 2.31. The molecule has 0 saturated carbocycles. The maximum absolute atomic E-state index is 12.4. The molecule has 1 aromatic carbocycles. The van der Waals surface area contributed by atoms with Gasteiger partial charge < -0.3 is 14.6 Å². The van der Waals surface area contributed by atoms with Crippen LogP contribution in [-0.2, 0) is 11.3 Å². The maximum Gasteiger partial charge on any atom is 0.410 e. The Bertz CT molecular complexity index is 739. The zero-order chi connectivity index (χ0) is 16.2. The normalized spacial score (nSPS) is 17.3. The zero-order valence-electron chi connectivity index (χ0n) is 13.1. The number of benzene rings is 1. The summed E-state index contributed by atoms with van der Waals surface area (Å²) in [5, 5.41) is 0. The molecule has 1 unspecified atom stereocenters.